The van der Waals surface area contributed by atoms with Crippen molar-refractivity contribution in [1.29, 1.82) is 0 Å². The number of carbonyl (C=O) groups excluding carboxylic acids is 1. The van der Waals surface area contributed by atoms with E-state index in [0.29, 0.717) is 13.1 Å². The van der Waals surface area contributed by atoms with Gasteiger partial charge in [-0.25, -0.2) is 0 Å². The molecular formula is C26H23ClN2O2. The molecular weight excluding hydrogens is 408 g/mol. The second kappa shape index (κ2) is 9.54. The molecule has 0 fully saturated rings. The first-order valence-electron chi connectivity index (χ1n) is 10.2. The van der Waals surface area contributed by atoms with Crippen molar-refractivity contribution in [3.05, 3.63) is 107 Å². The quantitative estimate of drug-likeness (QED) is 0.384. The number of para-hydroxylation sites is 1. The molecule has 4 nitrogen and oxygen atoms in total. The van der Waals surface area contributed by atoms with Gasteiger partial charge in [-0.05, 0) is 53.5 Å². The molecule has 4 aromatic rings. The molecule has 5 heteroatoms. The van der Waals surface area contributed by atoms with Crippen molar-refractivity contribution in [3.8, 4) is 5.75 Å². The van der Waals surface area contributed by atoms with E-state index in [1.807, 2.05) is 36.4 Å². The number of benzene rings is 3. The summed E-state index contributed by atoms with van der Waals surface area (Å²) in [6.07, 6.45) is 6.11. The number of rotatable bonds is 7. The standard InChI is InChI=1S/C26H23ClN2O2/c27-24-7-3-1-5-21(24)18-29-17-20(23-6-2-4-8-25(23)29)15-16-28-26(31)14-11-19-9-12-22(30)13-10-19/h1-14,17,30H,15-16,18H2,(H,28,31)/b14-11+. The predicted octanol–water partition coefficient (Wildman–Crippen LogP) is 5.42. The average Bonchev–Trinajstić information content (AvgIpc) is 3.12. The number of nitrogens with zero attached hydrogens (tertiary/aromatic N) is 1. The van der Waals surface area contributed by atoms with Crippen LogP contribution in [0, 0.1) is 0 Å². The van der Waals surface area contributed by atoms with Crippen molar-refractivity contribution in [2.24, 2.45) is 0 Å². The molecule has 0 aliphatic rings. The zero-order valence-electron chi connectivity index (χ0n) is 17.0. The third-order valence-corrected chi connectivity index (χ3v) is 5.55. The van der Waals surface area contributed by atoms with Gasteiger partial charge in [0.25, 0.3) is 0 Å². The molecule has 0 saturated carbocycles. The fraction of sp³-hybridized carbons (Fsp3) is 0.115. The molecule has 0 saturated heterocycles. The first-order chi connectivity index (χ1) is 15.1. The van der Waals surface area contributed by atoms with Crippen LogP contribution in [0.1, 0.15) is 16.7 Å². The highest BCUT2D eigenvalue weighted by molar-refractivity contribution is 6.31. The second-order valence-corrected chi connectivity index (χ2v) is 7.76. The van der Waals surface area contributed by atoms with E-state index < -0.39 is 0 Å². The van der Waals surface area contributed by atoms with Gasteiger partial charge < -0.3 is 15.0 Å². The molecule has 0 unspecified atom stereocenters. The first-order valence-corrected chi connectivity index (χ1v) is 10.5. The van der Waals surface area contributed by atoms with Crippen LogP contribution in [-0.2, 0) is 17.8 Å². The van der Waals surface area contributed by atoms with Crippen molar-refractivity contribution >= 4 is 34.5 Å². The van der Waals surface area contributed by atoms with Crippen molar-refractivity contribution in [1.82, 2.24) is 9.88 Å². The number of aromatic nitrogens is 1. The molecule has 156 valence electrons. The molecule has 0 aliphatic heterocycles. The maximum absolute atomic E-state index is 12.2. The van der Waals surface area contributed by atoms with E-state index in [2.05, 4.69) is 28.2 Å². The summed E-state index contributed by atoms with van der Waals surface area (Å²) in [4.78, 5) is 12.2. The zero-order valence-corrected chi connectivity index (χ0v) is 17.7. The molecule has 1 heterocycles. The van der Waals surface area contributed by atoms with Crippen LogP contribution in [0.25, 0.3) is 17.0 Å². The molecule has 0 atom stereocenters. The summed E-state index contributed by atoms with van der Waals surface area (Å²) in [5.74, 6) is 0.0585. The van der Waals surface area contributed by atoms with Gasteiger partial charge in [0.05, 0.1) is 0 Å². The van der Waals surface area contributed by atoms with E-state index in [0.717, 1.165) is 28.1 Å². The number of halogens is 1. The lowest BCUT2D eigenvalue weighted by atomic mass is 10.1. The van der Waals surface area contributed by atoms with Crippen LogP contribution in [0.2, 0.25) is 5.02 Å². The minimum absolute atomic E-state index is 0.145. The Hall–Kier alpha value is -3.50. The van der Waals surface area contributed by atoms with Crippen molar-refractivity contribution in [2.75, 3.05) is 6.54 Å². The lowest BCUT2D eigenvalue weighted by Crippen LogP contribution is -2.23. The summed E-state index contributed by atoms with van der Waals surface area (Å²) in [5, 5.41) is 14.2. The van der Waals surface area contributed by atoms with E-state index >= 15 is 0 Å². The Labute approximate surface area is 186 Å². The van der Waals surface area contributed by atoms with Crippen LogP contribution in [0.15, 0.2) is 85.1 Å². The van der Waals surface area contributed by atoms with Gasteiger partial charge in [0.1, 0.15) is 5.75 Å². The molecule has 1 aromatic heterocycles. The summed E-state index contributed by atoms with van der Waals surface area (Å²) in [6.45, 7) is 1.24. The number of hydrogen-bond donors (Lipinski definition) is 2. The molecule has 4 rings (SSSR count). The second-order valence-electron chi connectivity index (χ2n) is 7.36. The van der Waals surface area contributed by atoms with Gasteiger partial charge in [0, 0.05) is 41.3 Å². The lowest BCUT2D eigenvalue weighted by Gasteiger charge is -2.07. The Balaban J connectivity index is 1.42. The molecule has 0 bridgehead atoms. The molecule has 3 aromatic carbocycles. The number of phenols is 1. The Morgan fingerprint density at radius 2 is 1.71 bits per heavy atom. The largest absolute Gasteiger partial charge is 0.508 e. The Morgan fingerprint density at radius 1 is 0.968 bits per heavy atom. The van der Waals surface area contributed by atoms with Crippen molar-refractivity contribution < 1.29 is 9.90 Å². The van der Waals surface area contributed by atoms with Crippen LogP contribution < -0.4 is 5.32 Å². The van der Waals surface area contributed by atoms with Gasteiger partial charge in [-0.2, -0.15) is 0 Å². The van der Waals surface area contributed by atoms with E-state index in [-0.39, 0.29) is 11.7 Å². The van der Waals surface area contributed by atoms with Crippen LogP contribution in [0.3, 0.4) is 0 Å². The number of phenolic OH excluding ortho intramolecular Hbond substituents is 1. The third kappa shape index (κ3) is 5.16. The number of aromatic hydroxyl groups is 1. The summed E-state index contributed by atoms with van der Waals surface area (Å²) < 4.78 is 2.21. The lowest BCUT2D eigenvalue weighted by molar-refractivity contribution is -0.116. The maximum atomic E-state index is 12.2. The highest BCUT2D eigenvalue weighted by Gasteiger charge is 2.10. The number of nitrogens with one attached hydrogen (secondary N) is 1. The Bertz CT molecular complexity index is 1230. The van der Waals surface area contributed by atoms with E-state index in [9.17, 15) is 9.90 Å². The Kier molecular flexibility index (Phi) is 6.39. The monoisotopic (exact) mass is 430 g/mol. The first kappa shape index (κ1) is 20.8. The summed E-state index contributed by atoms with van der Waals surface area (Å²) in [5.41, 5.74) is 4.26. The SMILES string of the molecule is O=C(/C=C/c1ccc(O)cc1)NCCc1cn(Cc2ccccc2Cl)c2ccccc12. The smallest absolute Gasteiger partial charge is 0.244 e. The summed E-state index contributed by atoms with van der Waals surface area (Å²) >= 11 is 6.35. The molecule has 2 N–H and O–H groups in total. The van der Waals surface area contributed by atoms with E-state index in [1.165, 1.54) is 17.0 Å². The normalized spacial score (nSPS) is 11.3. The van der Waals surface area contributed by atoms with Gasteiger partial charge in [0.2, 0.25) is 5.91 Å². The number of fused-ring (bicyclic) bond motifs is 1. The molecule has 0 aliphatic carbocycles. The number of amides is 1. The van der Waals surface area contributed by atoms with Crippen LogP contribution in [0.4, 0.5) is 0 Å². The van der Waals surface area contributed by atoms with Gasteiger partial charge in [-0.15, -0.1) is 0 Å². The molecule has 0 radical (unpaired) electrons. The van der Waals surface area contributed by atoms with Gasteiger partial charge >= 0.3 is 0 Å². The van der Waals surface area contributed by atoms with E-state index in [4.69, 9.17) is 11.6 Å². The minimum atomic E-state index is -0.145. The van der Waals surface area contributed by atoms with Gasteiger partial charge in [-0.3, -0.25) is 4.79 Å². The average molecular weight is 431 g/mol. The number of carbonyl (C=O) groups is 1. The molecule has 0 spiro atoms. The summed E-state index contributed by atoms with van der Waals surface area (Å²) in [6, 6.07) is 22.9. The van der Waals surface area contributed by atoms with Crippen LogP contribution >= 0.6 is 11.6 Å². The fourth-order valence-corrected chi connectivity index (χ4v) is 3.80. The predicted molar refractivity (Wildman–Crippen MR) is 126 cm³/mol. The molecule has 1 amide bonds. The van der Waals surface area contributed by atoms with Crippen LogP contribution in [0.5, 0.6) is 5.75 Å². The number of hydrogen-bond acceptors (Lipinski definition) is 2. The zero-order chi connectivity index (χ0) is 21.6. The van der Waals surface area contributed by atoms with Gasteiger partial charge in [-0.1, -0.05) is 60.1 Å². The van der Waals surface area contributed by atoms with Crippen molar-refractivity contribution in [3.63, 3.8) is 0 Å². The molecule has 31 heavy (non-hydrogen) atoms. The van der Waals surface area contributed by atoms with Crippen LogP contribution in [-0.4, -0.2) is 22.1 Å². The third-order valence-electron chi connectivity index (χ3n) is 5.18. The van der Waals surface area contributed by atoms with Crippen molar-refractivity contribution in [2.45, 2.75) is 13.0 Å². The highest BCUT2D eigenvalue weighted by atomic mass is 35.5. The highest BCUT2D eigenvalue weighted by Crippen LogP contribution is 2.24. The minimum Gasteiger partial charge on any atom is -0.508 e. The summed E-state index contributed by atoms with van der Waals surface area (Å²) in [7, 11) is 0. The van der Waals surface area contributed by atoms with Gasteiger partial charge in [0.15, 0.2) is 0 Å². The maximum Gasteiger partial charge on any atom is 0.244 e. The fourth-order valence-electron chi connectivity index (χ4n) is 3.60. The van der Waals surface area contributed by atoms with E-state index in [1.54, 1.807) is 30.3 Å². The topological polar surface area (TPSA) is 54.3 Å². The Morgan fingerprint density at radius 3 is 2.52 bits per heavy atom.